The summed E-state index contributed by atoms with van der Waals surface area (Å²) in [5.41, 5.74) is 0. The van der Waals surface area contributed by atoms with E-state index < -0.39 is 0 Å². The molecule has 198 valence electrons. The van der Waals surface area contributed by atoms with Gasteiger partial charge in [-0.3, -0.25) is 19.2 Å². The molecule has 35 heavy (non-hydrogen) atoms. The van der Waals surface area contributed by atoms with Gasteiger partial charge in [-0.05, 0) is 57.1 Å². The Morgan fingerprint density at radius 1 is 0.629 bits per heavy atom. The Morgan fingerprint density at radius 2 is 1.00 bits per heavy atom. The van der Waals surface area contributed by atoms with Crippen LogP contribution in [0, 0.1) is 0 Å². The Kier molecular flexibility index (Phi) is 17.1. The molecule has 0 radical (unpaired) electrons. The highest BCUT2D eigenvalue weighted by Crippen LogP contribution is 2.21. The molecule has 1 fully saturated rings. The summed E-state index contributed by atoms with van der Waals surface area (Å²) in [6, 6.07) is 0.0161. The van der Waals surface area contributed by atoms with Crippen molar-refractivity contribution in [2.75, 3.05) is 13.2 Å². The van der Waals surface area contributed by atoms with Crippen molar-refractivity contribution in [3.8, 4) is 0 Å². The molecule has 0 aromatic rings. The normalized spacial score (nSPS) is 16.9. The SMILES string of the molecule is CC(=O)OCCCCCCCC=CC(=O)NC1CC1NC(=O)C=CCCCCCCCOC(C)=O. The molecule has 2 amide bonds. The Bertz CT molecular complexity index is 646. The minimum absolute atomic E-state index is 0.00806. The maximum atomic E-state index is 12.0. The van der Waals surface area contributed by atoms with E-state index in [0.717, 1.165) is 83.5 Å². The van der Waals surface area contributed by atoms with Crippen LogP contribution in [0.1, 0.15) is 97.3 Å². The molecule has 2 atom stereocenters. The fourth-order valence-corrected chi connectivity index (χ4v) is 3.58. The standard InChI is InChI=1S/C27H44N2O6/c1-22(30)34-19-15-11-7-3-5-9-13-17-26(32)28-24-21-25(24)29-27(33)18-14-10-6-4-8-12-16-20-35-23(2)31/h13-14,17-18,24-25H,3-12,15-16,19-21H2,1-2H3,(H,28,32)(H,29,33). The molecule has 8 heteroatoms. The number of unbranched alkanes of at least 4 members (excludes halogenated alkanes) is 10. The van der Waals surface area contributed by atoms with Gasteiger partial charge >= 0.3 is 11.9 Å². The van der Waals surface area contributed by atoms with Crippen molar-refractivity contribution in [2.45, 2.75) is 109 Å². The van der Waals surface area contributed by atoms with Crippen molar-refractivity contribution in [3.63, 3.8) is 0 Å². The zero-order chi connectivity index (χ0) is 25.7. The van der Waals surface area contributed by atoms with Gasteiger partial charge < -0.3 is 20.1 Å². The predicted molar refractivity (Wildman–Crippen MR) is 135 cm³/mol. The average Bonchev–Trinajstić information content (AvgIpc) is 3.52. The smallest absolute Gasteiger partial charge is 0.302 e. The second-order valence-electron chi connectivity index (χ2n) is 9.06. The molecule has 2 N–H and O–H groups in total. The highest BCUT2D eigenvalue weighted by molar-refractivity contribution is 5.89. The molecule has 0 aromatic heterocycles. The molecular formula is C27H44N2O6. The number of nitrogens with one attached hydrogen (secondary N) is 2. The van der Waals surface area contributed by atoms with E-state index in [-0.39, 0.29) is 35.8 Å². The van der Waals surface area contributed by atoms with E-state index in [0.29, 0.717) is 13.2 Å². The lowest BCUT2D eigenvalue weighted by molar-refractivity contribution is -0.142. The number of esters is 2. The summed E-state index contributed by atoms with van der Waals surface area (Å²) in [7, 11) is 0. The number of hydrogen-bond donors (Lipinski definition) is 2. The van der Waals surface area contributed by atoms with Crippen molar-refractivity contribution >= 4 is 23.8 Å². The molecule has 1 aliphatic carbocycles. The molecular weight excluding hydrogens is 448 g/mol. The van der Waals surface area contributed by atoms with Gasteiger partial charge in [0, 0.05) is 13.8 Å². The van der Waals surface area contributed by atoms with Crippen LogP contribution in [0.4, 0.5) is 0 Å². The first-order valence-electron chi connectivity index (χ1n) is 13.1. The van der Waals surface area contributed by atoms with Crippen LogP contribution in [-0.2, 0) is 28.7 Å². The summed E-state index contributed by atoms with van der Waals surface area (Å²) < 4.78 is 9.79. The predicted octanol–water partition coefficient (Wildman–Crippen LogP) is 4.28. The van der Waals surface area contributed by atoms with Gasteiger partial charge in [0.25, 0.3) is 0 Å². The topological polar surface area (TPSA) is 111 Å². The summed E-state index contributed by atoms with van der Waals surface area (Å²) in [5, 5.41) is 5.84. The van der Waals surface area contributed by atoms with E-state index >= 15 is 0 Å². The molecule has 2 unspecified atom stereocenters. The van der Waals surface area contributed by atoms with Crippen molar-refractivity contribution in [2.24, 2.45) is 0 Å². The highest BCUT2D eigenvalue weighted by atomic mass is 16.5. The van der Waals surface area contributed by atoms with Gasteiger partial charge in [0.05, 0.1) is 25.3 Å². The largest absolute Gasteiger partial charge is 0.466 e. The summed E-state index contributed by atoms with van der Waals surface area (Å²) in [5.74, 6) is -0.683. The summed E-state index contributed by atoms with van der Waals surface area (Å²) in [6.45, 7) is 3.84. The number of carbonyl (C=O) groups is 4. The van der Waals surface area contributed by atoms with Crippen molar-refractivity contribution < 1.29 is 28.7 Å². The van der Waals surface area contributed by atoms with Gasteiger partial charge in [0.1, 0.15) is 0 Å². The van der Waals surface area contributed by atoms with Crippen LogP contribution < -0.4 is 10.6 Å². The summed E-state index contributed by atoms with van der Waals surface area (Å²) >= 11 is 0. The van der Waals surface area contributed by atoms with Crippen molar-refractivity contribution in [1.82, 2.24) is 10.6 Å². The summed E-state index contributed by atoms with van der Waals surface area (Å²) in [6.07, 6.45) is 19.7. The first kappa shape index (κ1) is 30.4. The van der Waals surface area contributed by atoms with Crippen LogP contribution in [0.5, 0.6) is 0 Å². The Hall–Kier alpha value is -2.64. The van der Waals surface area contributed by atoms with Crippen LogP contribution in [0.3, 0.4) is 0 Å². The lowest BCUT2D eigenvalue weighted by atomic mass is 10.1. The number of ether oxygens (including phenoxy) is 2. The van der Waals surface area contributed by atoms with Crippen molar-refractivity contribution in [3.05, 3.63) is 24.3 Å². The van der Waals surface area contributed by atoms with Crippen LogP contribution in [0.2, 0.25) is 0 Å². The van der Waals surface area contributed by atoms with E-state index in [2.05, 4.69) is 10.6 Å². The van der Waals surface area contributed by atoms with Crippen LogP contribution >= 0.6 is 0 Å². The molecule has 0 heterocycles. The van der Waals surface area contributed by atoms with Gasteiger partial charge in [-0.25, -0.2) is 0 Å². The minimum atomic E-state index is -0.227. The molecule has 0 saturated heterocycles. The molecule has 1 saturated carbocycles. The number of rotatable bonds is 20. The van der Waals surface area contributed by atoms with Gasteiger partial charge in [-0.2, -0.15) is 0 Å². The number of allylic oxidation sites excluding steroid dienone is 2. The third-order valence-electron chi connectivity index (χ3n) is 5.63. The molecule has 1 rings (SSSR count). The monoisotopic (exact) mass is 492 g/mol. The zero-order valence-electron chi connectivity index (χ0n) is 21.5. The van der Waals surface area contributed by atoms with E-state index in [4.69, 9.17) is 9.47 Å². The second kappa shape index (κ2) is 19.6. The quantitative estimate of drug-likeness (QED) is 0.149. The lowest BCUT2D eigenvalue weighted by Crippen LogP contribution is -2.33. The van der Waals surface area contributed by atoms with Crippen LogP contribution in [0.15, 0.2) is 24.3 Å². The van der Waals surface area contributed by atoms with E-state index in [9.17, 15) is 19.2 Å². The van der Waals surface area contributed by atoms with Gasteiger partial charge in [-0.15, -0.1) is 0 Å². The Balaban J connectivity index is 1.95. The maximum absolute atomic E-state index is 12.0. The minimum Gasteiger partial charge on any atom is -0.466 e. The molecule has 1 aliphatic rings. The molecule has 0 aromatic carbocycles. The Morgan fingerprint density at radius 3 is 1.40 bits per heavy atom. The zero-order valence-corrected chi connectivity index (χ0v) is 21.5. The van der Waals surface area contributed by atoms with Gasteiger partial charge in [0.2, 0.25) is 11.8 Å². The first-order valence-corrected chi connectivity index (χ1v) is 13.1. The molecule has 0 bridgehead atoms. The highest BCUT2D eigenvalue weighted by Gasteiger charge is 2.38. The Labute approximate surface area is 210 Å². The van der Waals surface area contributed by atoms with Crippen molar-refractivity contribution in [1.29, 1.82) is 0 Å². The van der Waals surface area contributed by atoms with Gasteiger partial charge in [-0.1, -0.05) is 50.7 Å². The average molecular weight is 493 g/mol. The third kappa shape index (κ3) is 19.4. The maximum Gasteiger partial charge on any atom is 0.302 e. The van der Waals surface area contributed by atoms with E-state index in [1.165, 1.54) is 13.8 Å². The second-order valence-corrected chi connectivity index (χ2v) is 9.06. The van der Waals surface area contributed by atoms with Gasteiger partial charge in [0.15, 0.2) is 0 Å². The fraction of sp³-hybridized carbons (Fsp3) is 0.704. The lowest BCUT2D eigenvalue weighted by Gasteiger charge is -2.03. The van der Waals surface area contributed by atoms with E-state index in [1.54, 1.807) is 12.2 Å². The molecule has 0 spiro atoms. The number of hydrogen-bond acceptors (Lipinski definition) is 6. The first-order chi connectivity index (χ1) is 16.9. The third-order valence-corrected chi connectivity index (χ3v) is 5.63. The van der Waals surface area contributed by atoms with Crippen LogP contribution in [-0.4, -0.2) is 49.1 Å². The number of amides is 2. The molecule has 8 nitrogen and oxygen atoms in total. The van der Waals surface area contributed by atoms with Crippen LogP contribution in [0.25, 0.3) is 0 Å². The molecule has 0 aliphatic heterocycles. The fourth-order valence-electron chi connectivity index (χ4n) is 3.58. The number of carbonyl (C=O) groups excluding carboxylic acids is 4. The van der Waals surface area contributed by atoms with E-state index in [1.807, 2.05) is 12.2 Å². The summed E-state index contributed by atoms with van der Waals surface area (Å²) in [4.78, 5) is 45.3.